The van der Waals surface area contributed by atoms with Crippen molar-refractivity contribution < 1.29 is 20.1 Å². The first-order valence-electron chi connectivity index (χ1n) is 3.70. The molecule has 0 radical (unpaired) electrons. The SMILES string of the molecule is O=C(O)C(O)CCCCCO.[NaH]. The second-order valence-corrected chi connectivity index (χ2v) is 2.43. The van der Waals surface area contributed by atoms with E-state index in [4.69, 9.17) is 15.3 Å². The predicted molar refractivity (Wildman–Crippen MR) is 46.3 cm³/mol. The summed E-state index contributed by atoms with van der Waals surface area (Å²) in [6.45, 7) is 0.128. The van der Waals surface area contributed by atoms with E-state index in [0.717, 1.165) is 6.42 Å². The van der Waals surface area contributed by atoms with Gasteiger partial charge in [-0.05, 0) is 12.8 Å². The number of aliphatic hydroxyl groups excluding tert-OH is 2. The molecule has 4 nitrogen and oxygen atoms in total. The molecular formula is C7H15NaO4. The fourth-order valence-corrected chi connectivity index (χ4v) is 0.750. The van der Waals surface area contributed by atoms with Crippen LogP contribution in [0.15, 0.2) is 0 Å². The van der Waals surface area contributed by atoms with Crippen molar-refractivity contribution in [3.8, 4) is 0 Å². The number of hydrogen-bond acceptors (Lipinski definition) is 3. The van der Waals surface area contributed by atoms with Crippen molar-refractivity contribution in [3.63, 3.8) is 0 Å². The van der Waals surface area contributed by atoms with Crippen LogP contribution < -0.4 is 0 Å². The molecule has 3 N–H and O–H groups in total. The molecule has 0 amide bonds. The summed E-state index contributed by atoms with van der Waals surface area (Å²) >= 11 is 0. The van der Waals surface area contributed by atoms with E-state index in [1.807, 2.05) is 0 Å². The summed E-state index contributed by atoms with van der Waals surface area (Å²) in [7, 11) is 0. The summed E-state index contributed by atoms with van der Waals surface area (Å²) in [6, 6.07) is 0. The molecule has 0 heterocycles. The van der Waals surface area contributed by atoms with Crippen molar-refractivity contribution in [2.75, 3.05) is 6.61 Å². The molecule has 0 saturated carbocycles. The van der Waals surface area contributed by atoms with E-state index in [-0.39, 0.29) is 42.6 Å². The number of hydrogen-bond donors (Lipinski definition) is 3. The summed E-state index contributed by atoms with van der Waals surface area (Å²) in [6.07, 6.45) is 1.12. The van der Waals surface area contributed by atoms with Gasteiger partial charge in [0, 0.05) is 6.61 Å². The Morgan fingerprint density at radius 3 is 2.25 bits per heavy atom. The molecule has 68 valence electrons. The van der Waals surface area contributed by atoms with Crippen molar-refractivity contribution in [3.05, 3.63) is 0 Å². The molecule has 0 bridgehead atoms. The molecule has 0 saturated heterocycles. The van der Waals surface area contributed by atoms with Gasteiger partial charge >= 0.3 is 35.5 Å². The van der Waals surface area contributed by atoms with Crippen LogP contribution in [0.1, 0.15) is 25.7 Å². The summed E-state index contributed by atoms with van der Waals surface area (Å²) in [4.78, 5) is 10.1. The summed E-state index contributed by atoms with van der Waals surface area (Å²) < 4.78 is 0. The standard InChI is InChI=1S/C7H14O4.Na.H/c8-5-3-1-2-4-6(9)7(10)11;;/h6,8-9H,1-5H2,(H,10,11);;. The molecule has 1 atom stereocenters. The van der Waals surface area contributed by atoms with Crippen LogP contribution in [0.3, 0.4) is 0 Å². The van der Waals surface area contributed by atoms with Gasteiger partial charge in [-0.3, -0.25) is 0 Å². The van der Waals surface area contributed by atoms with Crippen molar-refractivity contribution in [2.24, 2.45) is 0 Å². The molecule has 0 aliphatic heterocycles. The summed E-state index contributed by atoms with van der Waals surface area (Å²) in [5, 5.41) is 25.4. The third-order valence-electron chi connectivity index (χ3n) is 1.42. The second kappa shape index (κ2) is 9.48. The van der Waals surface area contributed by atoms with Crippen LogP contribution >= 0.6 is 0 Å². The van der Waals surface area contributed by atoms with Crippen LogP contribution in [-0.4, -0.2) is 63.6 Å². The first-order chi connectivity index (χ1) is 5.18. The molecule has 0 spiro atoms. The van der Waals surface area contributed by atoms with E-state index in [9.17, 15) is 4.79 Å². The van der Waals surface area contributed by atoms with Gasteiger partial charge in [0.2, 0.25) is 0 Å². The van der Waals surface area contributed by atoms with Crippen molar-refractivity contribution in [1.29, 1.82) is 0 Å². The van der Waals surface area contributed by atoms with Crippen molar-refractivity contribution >= 4 is 35.5 Å². The normalized spacial score (nSPS) is 11.8. The van der Waals surface area contributed by atoms with Crippen LogP contribution in [-0.2, 0) is 4.79 Å². The minimum atomic E-state index is -1.24. The zero-order valence-corrected chi connectivity index (χ0v) is 6.36. The minimum absolute atomic E-state index is 0. The van der Waals surface area contributed by atoms with Crippen LogP contribution in [0.5, 0.6) is 0 Å². The second-order valence-electron chi connectivity index (χ2n) is 2.43. The van der Waals surface area contributed by atoms with Gasteiger partial charge in [-0.2, -0.15) is 0 Å². The van der Waals surface area contributed by atoms with E-state index in [2.05, 4.69) is 0 Å². The third-order valence-corrected chi connectivity index (χ3v) is 1.42. The average molecular weight is 186 g/mol. The predicted octanol–water partition coefficient (Wildman–Crippen LogP) is -0.664. The Balaban J connectivity index is 0. The average Bonchev–Trinajstić information content (AvgIpc) is 1.97. The number of carbonyl (C=O) groups is 1. The Bertz CT molecular complexity index is 118. The van der Waals surface area contributed by atoms with Crippen molar-refractivity contribution in [1.82, 2.24) is 0 Å². The Morgan fingerprint density at radius 1 is 1.25 bits per heavy atom. The van der Waals surface area contributed by atoms with Crippen LogP contribution in [0.2, 0.25) is 0 Å². The van der Waals surface area contributed by atoms with Crippen molar-refractivity contribution in [2.45, 2.75) is 31.8 Å². The molecule has 0 aliphatic carbocycles. The maximum atomic E-state index is 10.1. The van der Waals surface area contributed by atoms with E-state index in [0.29, 0.717) is 12.8 Å². The van der Waals surface area contributed by atoms with Crippen LogP contribution in [0.4, 0.5) is 0 Å². The Hall–Kier alpha value is 0.390. The van der Waals surface area contributed by atoms with Gasteiger partial charge in [-0.1, -0.05) is 12.8 Å². The Morgan fingerprint density at radius 2 is 1.83 bits per heavy atom. The molecule has 1 unspecified atom stereocenters. The number of rotatable bonds is 6. The van der Waals surface area contributed by atoms with Crippen LogP contribution in [0.25, 0.3) is 0 Å². The van der Waals surface area contributed by atoms with Gasteiger partial charge in [0.25, 0.3) is 0 Å². The number of unbranched alkanes of at least 4 members (excludes halogenated alkanes) is 2. The van der Waals surface area contributed by atoms with Gasteiger partial charge < -0.3 is 15.3 Å². The summed E-state index contributed by atoms with van der Waals surface area (Å²) in [5.74, 6) is -1.17. The molecule has 12 heavy (non-hydrogen) atoms. The molecule has 5 heteroatoms. The molecule has 0 aromatic carbocycles. The molecular weight excluding hydrogens is 171 g/mol. The van der Waals surface area contributed by atoms with Gasteiger partial charge in [0.1, 0.15) is 0 Å². The van der Waals surface area contributed by atoms with Gasteiger partial charge in [0.05, 0.1) is 0 Å². The molecule has 0 fully saturated rings. The number of aliphatic hydroxyl groups is 2. The van der Waals surface area contributed by atoms with E-state index in [1.54, 1.807) is 0 Å². The molecule has 0 aromatic heterocycles. The van der Waals surface area contributed by atoms with Crippen LogP contribution in [0, 0.1) is 0 Å². The zero-order valence-electron chi connectivity index (χ0n) is 6.36. The first-order valence-corrected chi connectivity index (χ1v) is 3.70. The maximum absolute atomic E-state index is 10.1. The van der Waals surface area contributed by atoms with E-state index < -0.39 is 12.1 Å². The molecule has 0 aromatic rings. The van der Waals surface area contributed by atoms with Gasteiger partial charge in [0.15, 0.2) is 6.10 Å². The number of carboxylic acid groups (broad SMARTS) is 1. The Kier molecular flexibility index (Phi) is 11.8. The number of carboxylic acids is 1. The fraction of sp³-hybridized carbons (Fsp3) is 0.857. The third kappa shape index (κ3) is 8.49. The van der Waals surface area contributed by atoms with E-state index in [1.165, 1.54) is 0 Å². The summed E-state index contributed by atoms with van der Waals surface area (Å²) in [5.41, 5.74) is 0. The quantitative estimate of drug-likeness (QED) is 0.380. The van der Waals surface area contributed by atoms with Gasteiger partial charge in [-0.25, -0.2) is 4.79 Å². The van der Waals surface area contributed by atoms with Gasteiger partial charge in [-0.15, -0.1) is 0 Å². The van der Waals surface area contributed by atoms with E-state index >= 15 is 0 Å². The monoisotopic (exact) mass is 186 g/mol. The first kappa shape index (κ1) is 14.9. The zero-order chi connectivity index (χ0) is 8.69. The molecule has 0 aliphatic rings. The topological polar surface area (TPSA) is 77.8 Å². The fourth-order valence-electron chi connectivity index (χ4n) is 0.750. The number of aliphatic carboxylic acids is 1. The molecule has 0 rings (SSSR count). The Labute approximate surface area is 93.9 Å².